The predicted octanol–water partition coefficient (Wildman–Crippen LogP) is 2.17. The third kappa shape index (κ3) is 1.90. The van der Waals surface area contributed by atoms with Crippen LogP contribution in [0.15, 0.2) is 30.5 Å². The summed E-state index contributed by atoms with van der Waals surface area (Å²) >= 11 is -2.00. The van der Waals surface area contributed by atoms with E-state index in [1.807, 2.05) is 18.3 Å². The van der Waals surface area contributed by atoms with Gasteiger partial charge in [-0.2, -0.15) is 0 Å². The zero-order chi connectivity index (χ0) is 10.2. The van der Waals surface area contributed by atoms with E-state index in [1.165, 1.54) is 3.71 Å². The molecule has 0 aliphatic rings. The van der Waals surface area contributed by atoms with Gasteiger partial charge >= 0.3 is 88.4 Å². The first-order valence-electron chi connectivity index (χ1n) is 4.80. The molecule has 0 unspecified atom stereocenters. The van der Waals surface area contributed by atoms with E-state index in [2.05, 4.69) is 36.9 Å². The summed E-state index contributed by atoms with van der Waals surface area (Å²) in [6, 6.07) is 8.20. The van der Waals surface area contributed by atoms with Crippen molar-refractivity contribution >= 4 is 33.1 Å². The van der Waals surface area contributed by atoms with Gasteiger partial charge in [0.05, 0.1) is 0 Å². The van der Waals surface area contributed by atoms with Crippen molar-refractivity contribution in [1.82, 2.24) is 9.97 Å². The van der Waals surface area contributed by atoms with E-state index >= 15 is 0 Å². The summed E-state index contributed by atoms with van der Waals surface area (Å²) in [4.78, 5) is 16.1. The van der Waals surface area contributed by atoms with Crippen LogP contribution in [0.5, 0.6) is 0 Å². The Hall–Kier alpha value is -0.641. The molecule has 2 heterocycles. The molecular weight excluding hydrogens is 279 g/mol. The van der Waals surface area contributed by atoms with Crippen molar-refractivity contribution in [2.45, 2.75) is 14.8 Å². The van der Waals surface area contributed by atoms with Crippen LogP contribution in [-0.2, 0) is 0 Å². The number of fused-ring (bicyclic) bond motifs is 1. The molecule has 14 heavy (non-hydrogen) atoms. The average molecular weight is 293 g/mol. The fourth-order valence-corrected chi connectivity index (χ4v) is 4.34. The Balaban J connectivity index is 2.63. The third-order valence-electron chi connectivity index (χ3n) is 2.22. The molecule has 0 bridgehead atoms. The van der Waals surface area contributed by atoms with Gasteiger partial charge in [-0.15, -0.1) is 0 Å². The molecule has 2 nitrogen and oxygen atoms in total. The molecule has 0 saturated carbocycles. The number of nitrogens with zero attached hydrogens (tertiary/aromatic N) is 2. The maximum absolute atomic E-state index is 4.68. The van der Waals surface area contributed by atoms with Gasteiger partial charge < -0.3 is 0 Å². The van der Waals surface area contributed by atoms with Crippen LogP contribution in [-0.4, -0.2) is 28.3 Å². The summed E-state index contributed by atoms with van der Waals surface area (Å²) in [5.74, 6) is 0. The van der Waals surface area contributed by atoms with E-state index in [9.17, 15) is 0 Å². The van der Waals surface area contributed by atoms with Gasteiger partial charge in [0.2, 0.25) is 0 Å². The molecule has 0 atom stereocenters. The Morgan fingerprint density at radius 2 is 1.79 bits per heavy atom. The zero-order valence-electron chi connectivity index (χ0n) is 8.78. The van der Waals surface area contributed by atoms with Gasteiger partial charge in [-0.1, -0.05) is 0 Å². The van der Waals surface area contributed by atoms with Crippen molar-refractivity contribution in [3.63, 3.8) is 0 Å². The normalized spacial score (nSPS) is 11.9. The number of aromatic nitrogens is 2. The van der Waals surface area contributed by atoms with Crippen molar-refractivity contribution in [2.75, 3.05) is 0 Å². The average Bonchev–Trinajstić information content (AvgIpc) is 2.16. The molecule has 2 aromatic rings. The maximum atomic E-state index is 4.68. The summed E-state index contributed by atoms with van der Waals surface area (Å²) in [6.07, 6.45) is 1.81. The summed E-state index contributed by atoms with van der Waals surface area (Å²) in [5.41, 5.74) is 2.02. The van der Waals surface area contributed by atoms with Gasteiger partial charge in [0.1, 0.15) is 0 Å². The molecule has 0 spiro atoms. The SMILES string of the molecule is [CH3][Sn]([CH3])([CH3])[c]1ccc2ncccc2n1. The van der Waals surface area contributed by atoms with Crippen molar-refractivity contribution < 1.29 is 0 Å². The number of hydrogen-bond donors (Lipinski definition) is 0. The van der Waals surface area contributed by atoms with Crippen LogP contribution in [0.2, 0.25) is 14.8 Å². The quantitative estimate of drug-likeness (QED) is 0.753. The van der Waals surface area contributed by atoms with Gasteiger partial charge in [-0.25, -0.2) is 0 Å². The summed E-state index contributed by atoms with van der Waals surface area (Å²) in [7, 11) is 0. The zero-order valence-corrected chi connectivity index (χ0v) is 11.6. The van der Waals surface area contributed by atoms with Gasteiger partial charge in [-0.3, -0.25) is 0 Å². The molecular formula is C11H14N2Sn. The Morgan fingerprint density at radius 1 is 1.00 bits per heavy atom. The number of rotatable bonds is 1. The monoisotopic (exact) mass is 294 g/mol. The van der Waals surface area contributed by atoms with Gasteiger partial charge in [0, 0.05) is 0 Å². The van der Waals surface area contributed by atoms with Crippen LogP contribution in [0.1, 0.15) is 0 Å². The van der Waals surface area contributed by atoms with E-state index in [0.29, 0.717) is 0 Å². The molecule has 0 amide bonds. The molecule has 0 radical (unpaired) electrons. The molecule has 2 rings (SSSR count). The first kappa shape index (κ1) is 9.90. The molecule has 0 N–H and O–H groups in total. The van der Waals surface area contributed by atoms with Gasteiger partial charge in [-0.05, 0) is 0 Å². The van der Waals surface area contributed by atoms with Crippen LogP contribution in [0, 0.1) is 0 Å². The molecule has 2 aromatic heterocycles. The Kier molecular flexibility index (Phi) is 2.47. The first-order chi connectivity index (χ1) is 6.57. The molecule has 72 valence electrons. The number of hydrogen-bond acceptors (Lipinski definition) is 2. The van der Waals surface area contributed by atoms with E-state index in [0.717, 1.165) is 11.0 Å². The van der Waals surface area contributed by atoms with Crippen molar-refractivity contribution in [1.29, 1.82) is 0 Å². The van der Waals surface area contributed by atoms with Crippen molar-refractivity contribution in [3.8, 4) is 0 Å². The minimum absolute atomic E-state index is 0.992. The summed E-state index contributed by atoms with van der Waals surface area (Å²) in [5, 5.41) is 0. The second kappa shape index (κ2) is 3.50. The summed E-state index contributed by atoms with van der Waals surface area (Å²) < 4.78 is 1.32. The molecule has 0 aliphatic heterocycles. The second-order valence-electron chi connectivity index (χ2n) is 4.49. The Bertz CT molecular complexity index is 460. The van der Waals surface area contributed by atoms with E-state index < -0.39 is 18.4 Å². The standard InChI is InChI=1S/C8H5N2.3CH3.Sn/c1-3-7-8(9-5-1)4-2-6-10-7;;;;/h1-5H;3*1H3;. The molecule has 0 fully saturated rings. The minimum atomic E-state index is -2.00. The molecule has 0 aromatic carbocycles. The van der Waals surface area contributed by atoms with Crippen LogP contribution < -0.4 is 3.71 Å². The first-order valence-corrected chi connectivity index (χ1v) is 14.8. The number of pyridine rings is 2. The van der Waals surface area contributed by atoms with Crippen molar-refractivity contribution in [3.05, 3.63) is 30.5 Å². The van der Waals surface area contributed by atoms with E-state index in [1.54, 1.807) is 0 Å². The topological polar surface area (TPSA) is 25.8 Å². The van der Waals surface area contributed by atoms with E-state index in [-0.39, 0.29) is 0 Å². The van der Waals surface area contributed by atoms with Crippen LogP contribution in [0.25, 0.3) is 11.0 Å². The van der Waals surface area contributed by atoms with Crippen LogP contribution >= 0.6 is 0 Å². The Labute approximate surface area is 88.3 Å². The van der Waals surface area contributed by atoms with Crippen molar-refractivity contribution in [2.24, 2.45) is 0 Å². The van der Waals surface area contributed by atoms with Crippen LogP contribution in [0.3, 0.4) is 0 Å². The van der Waals surface area contributed by atoms with Gasteiger partial charge in [0.15, 0.2) is 0 Å². The fraction of sp³-hybridized carbons (Fsp3) is 0.273. The second-order valence-corrected chi connectivity index (χ2v) is 18.8. The molecule has 0 saturated heterocycles. The fourth-order valence-electron chi connectivity index (χ4n) is 1.37. The predicted molar refractivity (Wildman–Crippen MR) is 62.5 cm³/mol. The third-order valence-corrected chi connectivity index (χ3v) is 7.41. The Morgan fingerprint density at radius 3 is 2.50 bits per heavy atom. The van der Waals surface area contributed by atoms with Crippen LogP contribution in [0.4, 0.5) is 0 Å². The van der Waals surface area contributed by atoms with E-state index in [4.69, 9.17) is 0 Å². The molecule has 3 heteroatoms. The molecule has 0 aliphatic carbocycles. The van der Waals surface area contributed by atoms with Gasteiger partial charge in [0.25, 0.3) is 0 Å². The summed E-state index contributed by atoms with van der Waals surface area (Å²) in [6.45, 7) is 0.